The maximum absolute atomic E-state index is 5.30. The Balaban J connectivity index is 0.000001000. The fraction of sp³-hybridized carbons (Fsp3) is 0.333. The molecule has 56 valence electrons. The van der Waals surface area contributed by atoms with E-state index >= 15 is 0 Å². The molecule has 1 heterocycles. The molecule has 0 spiro atoms. The largest absolute Gasteiger partial charge is 0.481 e. The van der Waals surface area contributed by atoms with Gasteiger partial charge in [-0.2, -0.15) is 4.98 Å². The second-order valence-electron chi connectivity index (χ2n) is 1.92. The maximum atomic E-state index is 5.30. The van der Waals surface area contributed by atoms with Crippen molar-refractivity contribution >= 4 is 5.95 Å². The Morgan fingerprint density at radius 3 is 2.90 bits per heavy atom. The van der Waals surface area contributed by atoms with Crippen molar-refractivity contribution in [3.05, 3.63) is 11.8 Å². The number of nitrogen functional groups attached to an aromatic ring is 1. The van der Waals surface area contributed by atoms with Gasteiger partial charge in [0.2, 0.25) is 11.8 Å². The Labute approximate surface area is 60.5 Å². The number of methoxy groups -OCH3 is 1. The topological polar surface area (TPSA) is 61.0 Å². The number of aromatic nitrogens is 2. The quantitative estimate of drug-likeness (QED) is 0.622. The van der Waals surface area contributed by atoms with E-state index in [0.29, 0.717) is 5.88 Å². The molecule has 1 aromatic rings. The van der Waals surface area contributed by atoms with Crippen LogP contribution in [0.1, 0.15) is 6.99 Å². The molecule has 0 unspecified atom stereocenters. The smallest absolute Gasteiger partial charge is 0.223 e. The van der Waals surface area contributed by atoms with Crippen LogP contribution in [0.3, 0.4) is 0 Å². The molecule has 0 bridgehead atoms. The van der Waals surface area contributed by atoms with Crippen LogP contribution in [-0.4, -0.2) is 17.1 Å². The minimum atomic E-state index is 0. The lowest BCUT2D eigenvalue weighted by Gasteiger charge is -2.01. The third-order valence-electron chi connectivity index (χ3n) is 1.14. The van der Waals surface area contributed by atoms with Crippen LogP contribution in [0.5, 0.6) is 5.88 Å². The number of rotatable bonds is 1. The Kier molecular flexibility index (Phi) is 1.71. The van der Waals surface area contributed by atoms with Crippen molar-refractivity contribution in [2.45, 2.75) is 6.92 Å². The number of anilines is 1. The van der Waals surface area contributed by atoms with Gasteiger partial charge in [-0.15, -0.1) is 0 Å². The highest BCUT2D eigenvalue weighted by Gasteiger charge is 1.98. The van der Waals surface area contributed by atoms with Crippen molar-refractivity contribution in [1.82, 2.24) is 9.97 Å². The van der Waals surface area contributed by atoms with Crippen LogP contribution in [0.2, 0.25) is 0 Å². The van der Waals surface area contributed by atoms with Gasteiger partial charge in [0.25, 0.3) is 0 Å². The van der Waals surface area contributed by atoms with E-state index in [-0.39, 0.29) is 7.37 Å². The van der Waals surface area contributed by atoms with E-state index in [1.807, 2.05) is 6.92 Å². The Morgan fingerprint density at radius 2 is 2.40 bits per heavy atom. The molecule has 0 saturated carbocycles. The molecule has 2 N–H and O–H groups in total. The highest BCUT2D eigenvalue weighted by molar-refractivity contribution is 5.28. The average molecular weight is 141 g/mol. The van der Waals surface area contributed by atoms with E-state index in [9.17, 15) is 0 Å². The standard InChI is InChI=1S/C6H9N3O.H2/c1-4-3-8-6(7)9-5(4)10-2;/h3H,1-2H3,(H2,7,8,9);1H. The van der Waals surface area contributed by atoms with Gasteiger partial charge in [-0.25, -0.2) is 4.98 Å². The lowest BCUT2D eigenvalue weighted by Crippen LogP contribution is -1.98. The molecule has 0 aromatic carbocycles. The summed E-state index contributed by atoms with van der Waals surface area (Å²) in [6.07, 6.45) is 1.63. The van der Waals surface area contributed by atoms with Gasteiger partial charge in [0, 0.05) is 13.2 Å². The summed E-state index contributed by atoms with van der Waals surface area (Å²) in [6.45, 7) is 1.86. The van der Waals surface area contributed by atoms with Crippen LogP contribution in [0.25, 0.3) is 0 Å². The molecular weight excluding hydrogens is 130 g/mol. The summed E-state index contributed by atoms with van der Waals surface area (Å²) in [5.74, 6) is 0.773. The maximum Gasteiger partial charge on any atom is 0.223 e. The summed E-state index contributed by atoms with van der Waals surface area (Å²) in [5, 5.41) is 0. The van der Waals surface area contributed by atoms with Crippen LogP contribution in [0.4, 0.5) is 5.95 Å². The normalized spacial score (nSPS) is 9.40. The van der Waals surface area contributed by atoms with Crippen molar-refractivity contribution in [2.75, 3.05) is 12.8 Å². The summed E-state index contributed by atoms with van der Waals surface area (Å²) in [4.78, 5) is 7.61. The number of hydrogen-bond donors (Lipinski definition) is 1. The fourth-order valence-corrected chi connectivity index (χ4v) is 0.646. The van der Waals surface area contributed by atoms with E-state index in [1.54, 1.807) is 13.3 Å². The summed E-state index contributed by atoms with van der Waals surface area (Å²) >= 11 is 0. The van der Waals surface area contributed by atoms with Crippen molar-refractivity contribution in [1.29, 1.82) is 0 Å². The number of aryl methyl sites for hydroxylation is 1. The number of ether oxygens (including phenoxy) is 1. The van der Waals surface area contributed by atoms with Gasteiger partial charge in [0.05, 0.1) is 7.11 Å². The van der Waals surface area contributed by atoms with Gasteiger partial charge in [-0.3, -0.25) is 0 Å². The highest BCUT2D eigenvalue weighted by Crippen LogP contribution is 2.11. The molecule has 0 aliphatic heterocycles. The third-order valence-corrected chi connectivity index (χ3v) is 1.14. The zero-order valence-corrected chi connectivity index (χ0v) is 5.96. The molecule has 10 heavy (non-hydrogen) atoms. The van der Waals surface area contributed by atoms with Gasteiger partial charge < -0.3 is 10.5 Å². The van der Waals surface area contributed by atoms with Gasteiger partial charge in [-0.1, -0.05) is 0 Å². The minimum Gasteiger partial charge on any atom is -0.481 e. The lowest BCUT2D eigenvalue weighted by molar-refractivity contribution is 0.394. The minimum absolute atomic E-state index is 0. The molecule has 0 aliphatic carbocycles. The summed E-state index contributed by atoms with van der Waals surface area (Å²) < 4.78 is 4.89. The van der Waals surface area contributed by atoms with Crippen molar-refractivity contribution in [2.24, 2.45) is 0 Å². The van der Waals surface area contributed by atoms with Crippen molar-refractivity contribution < 1.29 is 6.16 Å². The van der Waals surface area contributed by atoms with E-state index in [2.05, 4.69) is 9.97 Å². The second kappa shape index (κ2) is 2.51. The van der Waals surface area contributed by atoms with E-state index in [0.717, 1.165) is 5.56 Å². The zero-order chi connectivity index (χ0) is 7.56. The highest BCUT2D eigenvalue weighted by atomic mass is 16.5. The molecule has 0 aliphatic rings. The fourth-order valence-electron chi connectivity index (χ4n) is 0.646. The molecule has 0 amide bonds. The molecule has 1 rings (SSSR count). The zero-order valence-electron chi connectivity index (χ0n) is 5.96. The van der Waals surface area contributed by atoms with Crippen LogP contribution >= 0.6 is 0 Å². The first-order valence-corrected chi connectivity index (χ1v) is 2.87. The van der Waals surface area contributed by atoms with Gasteiger partial charge in [0.15, 0.2) is 0 Å². The molecule has 0 saturated heterocycles. The van der Waals surface area contributed by atoms with E-state index in [4.69, 9.17) is 10.5 Å². The monoisotopic (exact) mass is 141 g/mol. The Hall–Kier alpha value is -1.32. The number of nitrogens with two attached hydrogens (primary N) is 1. The van der Waals surface area contributed by atoms with Gasteiger partial charge in [-0.05, 0) is 6.92 Å². The van der Waals surface area contributed by atoms with E-state index < -0.39 is 0 Å². The van der Waals surface area contributed by atoms with Crippen LogP contribution < -0.4 is 10.5 Å². The second-order valence-corrected chi connectivity index (χ2v) is 1.92. The van der Waals surface area contributed by atoms with Crippen LogP contribution in [-0.2, 0) is 0 Å². The molecule has 4 nitrogen and oxygen atoms in total. The number of hydrogen-bond acceptors (Lipinski definition) is 4. The predicted octanol–water partition coefficient (Wildman–Crippen LogP) is 0.622. The average Bonchev–Trinajstić information content (AvgIpc) is 1.94. The molecule has 4 heteroatoms. The predicted molar refractivity (Wildman–Crippen MR) is 39.8 cm³/mol. The molecule has 0 fully saturated rings. The first-order valence-electron chi connectivity index (χ1n) is 2.87. The third kappa shape index (κ3) is 1.15. The number of nitrogens with zero attached hydrogens (tertiary/aromatic N) is 2. The molecular formula is C6H11N3O. The van der Waals surface area contributed by atoms with Crippen molar-refractivity contribution in [3.63, 3.8) is 0 Å². The summed E-state index contributed by atoms with van der Waals surface area (Å²) in [6, 6.07) is 0. The Morgan fingerprint density at radius 1 is 1.70 bits per heavy atom. The van der Waals surface area contributed by atoms with Crippen molar-refractivity contribution in [3.8, 4) is 5.88 Å². The molecule has 0 atom stereocenters. The van der Waals surface area contributed by atoms with Crippen LogP contribution in [0.15, 0.2) is 6.20 Å². The van der Waals surface area contributed by atoms with Gasteiger partial charge >= 0.3 is 0 Å². The Bertz CT molecular complexity index is 241. The summed E-state index contributed by atoms with van der Waals surface area (Å²) in [7, 11) is 1.55. The van der Waals surface area contributed by atoms with E-state index in [1.165, 1.54) is 0 Å². The molecule has 0 radical (unpaired) electrons. The van der Waals surface area contributed by atoms with Gasteiger partial charge in [0.1, 0.15) is 0 Å². The summed E-state index contributed by atoms with van der Waals surface area (Å²) in [5.41, 5.74) is 6.19. The first-order chi connectivity index (χ1) is 4.74. The lowest BCUT2D eigenvalue weighted by atomic mass is 10.4. The SMILES string of the molecule is COc1nc(N)ncc1C.[HH]. The van der Waals surface area contributed by atoms with Crippen LogP contribution in [0, 0.1) is 6.92 Å². The molecule has 1 aromatic heterocycles. The first kappa shape index (κ1) is 6.80.